The molecule has 0 radical (unpaired) electrons. The van der Waals surface area contributed by atoms with Crippen LogP contribution in [0.2, 0.25) is 5.02 Å². The van der Waals surface area contributed by atoms with Crippen LogP contribution in [-0.2, 0) is 14.3 Å². The average molecular weight is 350 g/mol. The molecule has 1 saturated carbocycles. The molecule has 4 atom stereocenters. The van der Waals surface area contributed by atoms with Crippen molar-refractivity contribution in [3.05, 3.63) is 40.9 Å². The Bertz CT molecular complexity index is 744. The van der Waals surface area contributed by atoms with E-state index in [1.54, 1.807) is 6.07 Å². The van der Waals surface area contributed by atoms with Crippen LogP contribution in [0, 0.1) is 23.7 Å². The van der Waals surface area contributed by atoms with Crippen molar-refractivity contribution < 1.29 is 24.2 Å². The number of hydrogen-bond acceptors (Lipinski definition) is 4. The summed E-state index contributed by atoms with van der Waals surface area (Å²) in [7, 11) is 1.24. The molecule has 1 aromatic rings. The average Bonchev–Trinajstić information content (AvgIpc) is 3.16. The quantitative estimate of drug-likeness (QED) is 0.643. The maximum Gasteiger partial charge on any atom is 0.339 e. The lowest BCUT2D eigenvalue weighted by Crippen LogP contribution is -2.36. The Hall–Kier alpha value is -2.34. The summed E-state index contributed by atoms with van der Waals surface area (Å²) in [5.74, 6) is -3.43. The van der Waals surface area contributed by atoms with Crippen LogP contribution < -0.4 is 5.32 Å². The molecular weight excluding hydrogens is 334 g/mol. The number of carbonyl (C=O) groups is 3. The molecule has 1 aromatic carbocycles. The molecule has 0 heterocycles. The lowest BCUT2D eigenvalue weighted by Gasteiger charge is -2.24. The summed E-state index contributed by atoms with van der Waals surface area (Å²) >= 11 is 5.95. The number of carbonyl (C=O) groups excluding carboxylic acids is 2. The highest BCUT2D eigenvalue weighted by atomic mass is 35.5. The van der Waals surface area contributed by atoms with Crippen LogP contribution in [0.5, 0.6) is 0 Å². The third-order valence-corrected chi connectivity index (χ3v) is 5.02. The second kappa shape index (κ2) is 6.28. The fourth-order valence-corrected chi connectivity index (χ4v) is 3.81. The van der Waals surface area contributed by atoms with Crippen LogP contribution in [0.1, 0.15) is 16.8 Å². The first-order valence-corrected chi connectivity index (χ1v) is 7.90. The molecule has 2 aliphatic rings. The SMILES string of the molecule is COC(=O)c1cc(NC(=O)C2C3C=CC(C3)C2C(=O)O)ccc1Cl. The first-order chi connectivity index (χ1) is 11.4. The third kappa shape index (κ3) is 2.78. The van der Waals surface area contributed by atoms with Gasteiger partial charge in [0.25, 0.3) is 0 Å². The zero-order chi connectivity index (χ0) is 17.4. The normalized spacial score (nSPS) is 27.1. The molecule has 24 heavy (non-hydrogen) atoms. The highest BCUT2D eigenvalue weighted by molar-refractivity contribution is 6.33. The van der Waals surface area contributed by atoms with Gasteiger partial charge >= 0.3 is 11.9 Å². The molecule has 0 spiro atoms. The number of fused-ring (bicyclic) bond motifs is 2. The number of carboxylic acid groups (broad SMARTS) is 1. The van der Waals surface area contributed by atoms with Crippen molar-refractivity contribution in [2.24, 2.45) is 23.7 Å². The lowest BCUT2D eigenvalue weighted by molar-refractivity contribution is -0.146. The topological polar surface area (TPSA) is 92.7 Å². The summed E-state index contributed by atoms with van der Waals surface area (Å²) < 4.78 is 4.64. The van der Waals surface area contributed by atoms with Crippen LogP contribution in [0.15, 0.2) is 30.4 Å². The number of halogens is 1. The molecule has 6 nitrogen and oxygen atoms in total. The van der Waals surface area contributed by atoms with E-state index in [0.717, 1.165) is 0 Å². The van der Waals surface area contributed by atoms with Gasteiger partial charge in [-0.3, -0.25) is 9.59 Å². The van der Waals surface area contributed by atoms with Gasteiger partial charge in [0, 0.05) is 5.69 Å². The van der Waals surface area contributed by atoms with E-state index in [1.807, 2.05) is 12.2 Å². The number of ether oxygens (including phenoxy) is 1. The third-order valence-electron chi connectivity index (χ3n) is 4.69. The fourth-order valence-electron chi connectivity index (χ4n) is 3.61. The predicted molar refractivity (Wildman–Crippen MR) is 86.8 cm³/mol. The number of rotatable bonds is 4. The van der Waals surface area contributed by atoms with E-state index < -0.39 is 23.8 Å². The zero-order valence-electron chi connectivity index (χ0n) is 12.9. The van der Waals surface area contributed by atoms with Gasteiger partial charge < -0.3 is 15.2 Å². The molecule has 0 aliphatic heterocycles. The summed E-state index contributed by atoms with van der Waals surface area (Å²) in [6.07, 6.45) is 4.48. The van der Waals surface area contributed by atoms with E-state index in [0.29, 0.717) is 12.1 Å². The lowest BCUT2D eigenvalue weighted by atomic mass is 9.82. The van der Waals surface area contributed by atoms with Gasteiger partial charge in [-0.25, -0.2) is 4.79 Å². The van der Waals surface area contributed by atoms with E-state index in [2.05, 4.69) is 10.1 Å². The molecule has 1 fully saturated rings. The van der Waals surface area contributed by atoms with Gasteiger partial charge in [-0.1, -0.05) is 23.8 Å². The van der Waals surface area contributed by atoms with Crippen LogP contribution in [0.25, 0.3) is 0 Å². The maximum atomic E-state index is 12.6. The zero-order valence-corrected chi connectivity index (χ0v) is 13.6. The number of methoxy groups -OCH3 is 1. The molecule has 4 unspecified atom stereocenters. The minimum absolute atomic E-state index is 0.0662. The minimum Gasteiger partial charge on any atom is -0.481 e. The van der Waals surface area contributed by atoms with Crippen LogP contribution >= 0.6 is 11.6 Å². The Morgan fingerprint density at radius 1 is 1.21 bits per heavy atom. The van der Waals surface area contributed by atoms with Crippen LogP contribution in [-0.4, -0.2) is 30.1 Å². The van der Waals surface area contributed by atoms with E-state index in [4.69, 9.17) is 11.6 Å². The first-order valence-electron chi connectivity index (χ1n) is 7.52. The minimum atomic E-state index is -0.960. The Kier molecular flexibility index (Phi) is 4.32. The molecule has 126 valence electrons. The molecule has 2 N–H and O–H groups in total. The fraction of sp³-hybridized carbons (Fsp3) is 0.353. The summed E-state index contributed by atoms with van der Waals surface area (Å²) in [6.45, 7) is 0. The smallest absolute Gasteiger partial charge is 0.339 e. The highest BCUT2D eigenvalue weighted by Crippen LogP contribution is 2.48. The maximum absolute atomic E-state index is 12.6. The largest absolute Gasteiger partial charge is 0.481 e. The summed E-state index contributed by atoms with van der Waals surface area (Å²) in [5.41, 5.74) is 0.514. The molecule has 7 heteroatoms. The van der Waals surface area contributed by atoms with Gasteiger partial charge in [-0.05, 0) is 36.5 Å². The van der Waals surface area contributed by atoms with Gasteiger partial charge in [0.2, 0.25) is 5.91 Å². The molecule has 2 bridgehead atoms. The van der Waals surface area contributed by atoms with Crippen molar-refractivity contribution in [3.63, 3.8) is 0 Å². The second-order valence-electron chi connectivity index (χ2n) is 6.01. The molecule has 0 saturated heterocycles. The summed E-state index contributed by atoms with van der Waals surface area (Å²) in [5, 5.41) is 12.3. The Balaban J connectivity index is 1.81. The van der Waals surface area contributed by atoms with Gasteiger partial charge in [-0.15, -0.1) is 0 Å². The summed E-state index contributed by atoms with van der Waals surface area (Å²) in [6, 6.07) is 4.47. The summed E-state index contributed by atoms with van der Waals surface area (Å²) in [4.78, 5) is 35.8. The van der Waals surface area contributed by atoms with Gasteiger partial charge in [0.1, 0.15) is 0 Å². The highest BCUT2D eigenvalue weighted by Gasteiger charge is 2.51. The molecular formula is C17H16ClNO5. The second-order valence-corrected chi connectivity index (χ2v) is 6.42. The first kappa shape index (κ1) is 16.5. The molecule has 2 aliphatic carbocycles. The number of nitrogens with one attached hydrogen (secondary N) is 1. The van der Waals surface area contributed by atoms with Crippen molar-refractivity contribution in [2.75, 3.05) is 12.4 Å². The number of hydrogen-bond donors (Lipinski definition) is 2. The van der Waals surface area contributed by atoms with Crippen LogP contribution in [0.3, 0.4) is 0 Å². The van der Waals surface area contributed by atoms with Crippen molar-refractivity contribution in [3.8, 4) is 0 Å². The molecule has 3 rings (SSSR count). The van der Waals surface area contributed by atoms with Crippen molar-refractivity contribution in [2.45, 2.75) is 6.42 Å². The van der Waals surface area contributed by atoms with Crippen LogP contribution in [0.4, 0.5) is 5.69 Å². The van der Waals surface area contributed by atoms with Gasteiger partial charge in [0.05, 0.1) is 29.5 Å². The van der Waals surface area contributed by atoms with E-state index in [-0.39, 0.29) is 28.3 Å². The van der Waals surface area contributed by atoms with E-state index >= 15 is 0 Å². The van der Waals surface area contributed by atoms with Crippen molar-refractivity contribution in [1.29, 1.82) is 0 Å². The Morgan fingerprint density at radius 3 is 2.50 bits per heavy atom. The number of allylic oxidation sites excluding steroid dienone is 2. The molecule has 1 amide bonds. The number of benzene rings is 1. The number of amides is 1. The Morgan fingerprint density at radius 2 is 1.88 bits per heavy atom. The van der Waals surface area contributed by atoms with Gasteiger partial charge in [-0.2, -0.15) is 0 Å². The van der Waals surface area contributed by atoms with E-state index in [1.165, 1.54) is 19.2 Å². The van der Waals surface area contributed by atoms with E-state index in [9.17, 15) is 19.5 Å². The number of esters is 1. The Labute approximate surface area is 143 Å². The van der Waals surface area contributed by atoms with Crippen molar-refractivity contribution in [1.82, 2.24) is 0 Å². The number of carboxylic acids is 1. The standard InChI is InChI=1S/C17H16ClNO5/c1-24-17(23)11-7-10(4-5-12(11)18)19-15(20)13-8-2-3-9(6-8)14(13)16(21)22/h2-5,7-9,13-14H,6H2,1H3,(H,19,20)(H,21,22). The predicted octanol–water partition coefficient (Wildman–Crippen LogP) is 2.59. The molecule has 0 aromatic heterocycles. The number of anilines is 1. The monoisotopic (exact) mass is 349 g/mol. The number of aliphatic carboxylic acids is 1. The van der Waals surface area contributed by atoms with Crippen molar-refractivity contribution >= 4 is 35.1 Å². The van der Waals surface area contributed by atoms with Gasteiger partial charge in [0.15, 0.2) is 0 Å².